The van der Waals surface area contributed by atoms with Gasteiger partial charge < -0.3 is 10.5 Å². The smallest absolute Gasteiger partial charge is 0.0594 e. The van der Waals surface area contributed by atoms with Crippen molar-refractivity contribution < 1.29 is 4.74 Å². The highest BCUT2D eigenvalue weighted by Crippen LogP contribution is 2.36. The lowest BCUT2D eigenvalue weighted by Gasteiger charge is -2.43. The maximum atomic E-state index is 6.15. The summed E-state index contributed by atoms with van der Waals surface area (Å²) in [4.78, 5) is 5.33. The summed E-state index contributed by atoms with van der Waals surface area (Å²) in [6.45, 7) is 7.62. The molecule has 2 N–H and O–H groups in total. The molecule has 3 unspecified atom stereocenters. The summed E-state index contributed by atoms with van der Waals surface area (Å²) >= 11 is 0. The molecule has 0 aliphatic carbocycles. The minimum Gasteiger partial charge on any atom is -0.379 e. The Morgan fingerprint density at radius 2 is 1.78 bits per heavy atom. The Morgan fingerprint density at radius 1 is 1.17 bits per heavy atom. The van der Waals surface area contributed by atoms with E-state index in [-0.39, 0.29) is 0 Å². The fourth-order valence-electron chi connectivity index (χ4n) is 4.23. The second kappa shape index (κ2) is 5.45. The van der Waals surface area contributed by atoms with Crippen molar-refractivity contribution in [1.82, 2.24) is 9.80 Å². The quantitative estimate of drug-likeness (QED) is 0.802. The third-order valence-electron chi connectivity index (χ3n) is 4.96. The lowest BCUT2D eigenvalue weighted by Crippen LogP contribution is -2.54. The summed E-state index contributed by atoms with van der Waals surface area (Å²) in [5.74, 6) is 0. The van der Waals surface area contributed by atoms with E-state index < -0.39 is 0 Å². The molecule has 3 saturated heterocycles. The first-order chi connectivity index (χ1) is 8.74. The van der Waals surface area contributed by atoms with E-state index in [1.807, 2.05) is 0 Å². The molecule has 4 heteroatoms. The first-order valence-corrected chi connectivity index (χ1v) is 7.57. The van der Waals surface area contributed by atoms with Gasteiger partial charge in [0.2, 0.25) is 0 Å². The molecule has 2 bridgehead atoms. The number of hydrogen-bond acceptors (Lipinski definition) is 4. The molecular formula is C14H27N3O. The van der Waals surface area contributed by atoms with Gasteiger partial charge in [-0.3, -0.25) is 9.80 Å². The van der Waals surface area contributed by atoms with Gasteiger partial charge in [-0.25, -0.2) is 0 Å². The van der Waals surface area contributed by atoms with E-state index >= 15 is 0 Å². The fraction of sp³-hybridized carbons (Fsp3) is 1.00. The molecular weight excluding hydrogens is 226 g/mol. The molecule has 4 nitrogen and oxygen atoms in total. The molecule has 0 aromatic carbocycles. The van der Waals surface area contributed by atoms with Crippen LogP contribution in [0, 0.1) is 0 Å². The normalized spacial score (nSPS) is 40.0. The van der Waals surface area contributed by atoms with Gasteiger partial charge in [0, 0.05) is 43.8 Å². The van der Waals surface area contributed by atoms with Gasteiger partial charge in [0.15, 0.2) is 0 Å². The van der Waals surface area contributed by atoms with Crippen LogP contribution in [0.1, 0.15) is 32.6 Å². The number of rotatable bonds is 3. The first kappa shape index (κ1) is 12.9. The fourth-order valence-corrected chi connectivity index (χ4v) is 4.23. The predicted octanol–water partition coefficient (Wildman–Crippen LogP) is 0.661. The van der Waals surface area contributed by atoms with Gasteiger partial charge in [-0.05, 0) is 32.6 Å². The number of fused-ring (bicyclic) bond motifs is 2. The summed E-state index contributed by atoms with van der Waals surface area (Å²) in [5.41, 5.74) is 6.15. The molecule has 0 radical (unpaired) electrons. The third-order valence-corrected chi connectivity index (χ3v) is 4.96. The van der Waals surface area contributed by atoms with Gasteiger partial charge in [-0.1, -0.05) is 0 Å². The summed E-state index contributed by atoms with van der Waals surface area (Å²) in [6.07, 6.45) is 5.16. The minimum atomic E-state index is 0.453. The number of hydrogen-bond donors (Lipinski definition) is 1. The van der Waals surface area contributed by atoms with Crippen LogP contribution in [0.5, 0.6) is 0 Å². The summed E-state index contributed by atoms with van der Waals surface area (Å²) in [7, 11) is 0. The molecule has 0 saturated carbocycles. The van der Waals surface area contributed by atoms with E-state index in [4.69, 9.17) is 10.5 Å². The van der Waals surface area contributed by atoms with E-state index in [9.17, 15) is 0 Å². The highest BCUT2D eigenvalue weighted by Gasteiger charge is 2.41. The second-order valence-corrected chi connectivity index (χ2v) is 6.33. The minimum absolute atomic E-state index is 0.453. The van der Waals surface area contributed by atoms with Gasteiger partial charge in [0.05, 0.1) is 13.2 Å². The lowest BCUT2D eigenvalue weighted by atomic mass is 9.96. The van der Waals surface area contributed by atoms with Crippen molar-refractivity contribution in [3.8, 4) is 0 Å². The number of ether oxygens (including phenoxy) is 1. The molecule has 3 aliphatic rings. The van der Waals surface area contributed by atoms with E-state index in [0.29, 0.717) is 12.1 Å². The van der Waals surface area contributed by atoms with Crippen LogP contribution in [0.15, 0.2) is 0 Å². The Bertz CT molecular complexity index is 266. The van der Waals surface area contributed by atoms with Crippen LogP contribution in [0.2, 0.25) is 0 Å². The molecule has 18 heavy (non-hydrogen) atoms. The Labute approximate surface area is 110 Å². The molecule has 0 amide bonds. The van der Waals surface area contributed by atoms with Gasteiger partial charge >= 0.3 is 0 Å². The predicted molar refractivity (Wildman–Crippen MR) is 72.6 cm³/mol. The number of piperidine rings is 1. The highest BCUT2D eigenvalue weighted by atomic mass is 16.5. The van der Waals surface area contributed by atoms with E-state index in [1.54, 1.807) is 0 Å². The summed E-state index contributed by atoms with van der Waals surface area (Å²) in [5, 5.41) is 0. The largest absolute Gasteiger partial charge is 0.379 e. The molecule has 3 atom stereocenters. The lowest BCUT2D eigenvalue weighted by molar-refractivity contribution is 0.0102. The summed E-state index contributed by atoms with van der Waals surface area (Å²) in [6, 6.07) is 2.65. The van der Waals surface area contributed by atoms with Crippen LogP contribution in [-0.2, 0) is 4.74 Å². The third kappa shape index (κ3) is 2.57. The maximum Gasteiger partial charge on any atom is 0.0594 e. The van der Waals surface area contributed by atoms with Gasteiger partial charge in [0.1, 0.15) is 0 Å². The molecule has 0 aromatic rings. The zero-order valence-corrected chi connectivity index (χ0v) is 11.6. The van der Waals surface area contributed by atoms with Crippen LogP contribution in [0.25, 0.3) is 0 Å². The van der Waals surface area contributed by atoms with Crippen LogP contribution in [0.3, 0.4) is 0 Å². The number of nitrogens with zero attached hydrogens (tertiary/aromatic N) is 2. The molecule has 0 aromatic heterocycles. The first-order valence-electron chi connectivity index (χ1n) is 7.57. The van der Waals surface area contributed by atoms with Crippen LogP contribution in [0.4, 0.5) is 0 Å². The second-order valence-electron chi connectivity index (χ2n) is 6.33. The zero-order chi connectivity index (χ0) is 12.5. The van der Waals surface area contributed by atoms with Crippen molar-refractivity contribution in [3.63, 3.8) is 0 Å². The average molecular weight is 253 g/mol. The Balaban J connectivity index is 1.57. The topological polar surface area (TPSA) is 41.7 Å². The van der Waals surface area contributed by atoms with Crippen LogP contribution in [-0.4, -0.2) is 66.8 Å². The highest BCUT2D eigenvalue weighted by molar-refractivity contribution is 4.98. The zero-order valence-electron chi connectivity index (χ0n) is 11.6. The van der Waals surface area contributed by atoms with Crippen molar-refractivity contribution in [2.75, 3.05) is 32.8 Å². The Kier molecular flexibility index (Phi) is 3.89. The average Bonchev–Trinajstić information content (AvgIpc) is 2.63. The van der Waals surface area contributed by atoms with Crippen molar-refractivity contribution in [1.29, 1.82) is 0 Å². The molecule has 3 rings (SSSR count). The van der Waals surface area contributed by atoms with Crippen molar-refractivity contribution in [2.45, 2.75) is 56.8 Å². The van der Waals surface area contributed by atoms with Crippen molar-refractivity contribution in [2.24, 2.45) is 5.73 Å². The molecule has 3 fully saturated rings. The van der Waals surface area contributed by atoms with Crippen molar-refractivity contribution >= 4 is 0 Å². The summed E-state index contributed by atoms with van der Waals surface area (Å²) < 4.78 is 5.42. The van der Waals surface area contributed by atoms with Gasteiger partial charge in [-0.15, -0.1) is 0 Å². The van der Waals surface area contributed by atoms with Gasteiger partial charge in [-0.2, -0.15) is 0 Å². The van der Waals surface area contributed by atoms with Crippen molar-refractivity contribution in [3.05, 3.63) is 0 Å². The van der Waals surface area contributed by atoms with E-state index in [2.05, 4.69) is 16.7 Å². The van der Waals surface area contributed by atoms with E-state index in [1.165, 1.54) is 32.2 Å². The molecule has 104 valence electrons. The molecule has 0 spiro atoms. The van der Waals surface area contributed by atoms with Crippen LogP contribution < -0.4 is 5.73 Å². The number of morpholine rings is 1. The van der Waals surface area contributed by atoms with E-state index in [0.717, 1.165) is 38.4 Å². The number of nitrogens with two attached hydrogens (primary N) is 1. The van der Waals surface area contributed by atoms with Crippen LogP contribution >= 0.6 is 0 Å². The standard InChI is InChI=1S/C14H27N3O/c1-11(10-16-4-6-18-7-5-16)17-13-2-3-14(17)9-12(15)8-13/h11-14H,2-10,15H2,1H3. The monoisotopic (exact) mass is 253 g/mol. The maximum absolute atomic E-state index is 6.15. The molecule has 3 aliphatic heterocycles. The Hall–Kier alpha value is -0.160. The SMILES string of the molecule is CC(CN1CCOCC1)N1C2CCC1CC(N)C2. The molecule has 3 heterocycles. The Morgan fingerprint density at radius 3 is 2.39 bits per heavy atom. The van der Waals surface area contributed by atoms with Gasteiger partial charge in [0.25, 0.3) is 0 Å².